The maximum absolute atomic E-state index is 13.8. The van der Waals surface area contributed by atoms with Gasteiger partial charge in [0.15, 0.2) is 0 Å². The fraction of sp³-hybridized carbons (Fsp3) is 0.562. The number of carbonyl (C=O) groups is 1. The van der Waals surface area contributed by atoms with Crippen molar-refractivity contribution in [2.75, 3.05) is 6.54 Å². The van der Waals surface area contributed by atoms with E-state index in [9.17, 15) is 19.4 Å². The van der Waals surface area contributed by atoms with Gasteiger partial charge < -0.3 is 15.5 Å². The third-order valence-electron chi connectivity index (χ3n) is 4.36. The third-order valence-corrected chi connectivity index (χ3v) is 4.36. The SMILES string of the molecule is CC(NCC1CCCCC1C(=O)O)c1ccc(O)cc1F. The second kappa shape index (κ2) is 6.89. The number of benzene rings is 1. The number of halogens is 1. The molecule has 0 aliphatic heterocycles. The van der Waals surface area contributed by atoms with Gasteiger partial charge in [0.2, 0.25) is 0 Å². The molecule has 2 rings (SSSR count). The molecule has 0 saturated heterocycles. The van der Waals surface area contributed by atoms with Gasteiger partial charge in [0.25, 0.3) is 0 Å². The molecule has 1 saturated carbocycles. The molecule has 116 valence electrons. The molecule has 21 heavy (non-hydrogen) atoms. The van der Waals surface area contributed by atoms with Crippen LogP contribution in [-0.2, 0) is 4.79 Å². The van der Waals surface area contributed by atoms with E-state index in [0.29, 0.717) is 12.1 Å². The van der Waals surface area contributed by atoms with Crippen LogP contribution >= 0.6 is 0 Å². The summed E-state index contributed by atoms with van der Waals surface area (Å²) in [5.41, 5.74) is 0.482. The van der Waals surface area contributed by atoms with Crippen LogP contribution in [0.15, 0.2) is 18.2 Å². The van der Waals surface area contributed by atoms with Gasteiger partial charge in [-0.05, 0) is 38.3 Å². The van der Waals surface area contributed by atoms with Gasteiger partial charge in [0.1, 0.15) is 11.6 Å². The Labute approximate surface area is 124 Å². The highest BCUT2D eigenvalue weighted by Crippen LogP contribution is 2.30. The minimum atomic E-state index is -0.732. The molecule has 0 radical (unpaired) electrons. The van der Waals surface area contributed by atoms with Crippen LogP contribution < -0.4 is 5.32 Å². The number of carboxylic acids is 1. The molecule has 0 bridgehead atoms. The van der Waals surface area contributed by atoms with Crippen LogP contribution in [0.5, 0.6) is 5.75 Å². The van der Waals surface area contributed by atoms with E-state index in [1.54, 1.807) is 6.07 Å². The Bertz CT molecular complexity index is 506. The number of hydrogen-bond donors (Lipinski definition) is 3. The summed E-state index contributed by atoms with van der Waals surface area (Å²) in [5.74, 6) is -1.48. The summed E-state index contributed by atoms with van der Waals surface area (Å²) in [6, 6.07) is 3.88. The summed E-state index contributed by atoms with van der Waals surface area (Å²) in [6.45, 7) is 2.41. The van der Waals surface area contributed by atoms with Gasteiger partial charge in [0, 0.05) is 17.7 Å². The molecule has 3 atom stereocenters. The highest BCUT2D eigenvalue weighted by Gasteiger charge is 2.30. The monoisotopic (exact) mass is 295 g/mol. The Morgan fingerprint density at radius 1 is 1.43 bits per heavy atom. The number of aromatic hydroxyl groups is 1. The van der Waals surface area contributed by atoms with Crippen LogP contribution in [0.4, 0.5) is 4.39 Å². The lowest BCUT2D eigenvalue weighted by Gasteiger charge is -2.30. The quantitative estimate of drug-likeness (QED) is 0.781. The van der Waals surface area contributed by atoms with E-state index in [2.05, 4.69) is 5.32 Å². The molecule has 0 aromatic heterocycles. The first-order chi connectivity index (χ1) is 9.99. The normalized spacial score (nSPS) is 23.7. The molecule has 1 aliphatic rings. The number of phenols is 1. The van der Waals surface area contributed by atoms with E-state index in [1.165, 1.54) is 6.07 Å². The predicted molar refractivity (Wildman–Crippen MR) is 77.6 cm³/mol. The summed E-state index contributed by atoms with van der Waals surface area (Å²) in [5, 5.41) is 21.7. The van der Waals surface area contributed by atoms with Crippen LogP contribution in [-0.4, -0.2) is 22.7 Å². The van der Waals surface area contributed by atoms with Crippen LogP contribution in [0.3, 0.4) is 0 Å². The van der Waals surface area contributed by atoms with Gasteiger partial charge in [0.05, 0.1) is 5.92 Å². The zero-order valence-corrected chi connectivity index (χ0v) is 12.2. The summed E-state index contributed by atoms with van der Waals surface area (Å²) < 4.78 is 13.8. The van der Waals surface area contributed by atoms with E-state index in [0.717, 1.165) is 31.7 Å². The Morgan fingerprint density at radius 3 is 2.81 bits per heavy atom. The van der Waals surface area contributed by atoms with Crippen molar-refractivity contribution in [2.45, 2.75) is 38.6 Å². The molecule has 1 aliphatic carbocycles. The number of rotatable bonds is 5. The second-order valence-corrected chi connectivity index (χ2v) is 5.83. The van der Waals surface area contributed by atoms with E-state index >= 15 is 0 Å². The second-order valence-electron chi connectivity index (χ2n) is 5.83. The van der Waals surface area contributed by atoms with E-state index in [4.69, 9.17) is 0 Å². The van der Waals surface area contributed by atoms with Crippen LogP contribution in [0.1, 0.15) is 44.2 Å². The summed E-state index contributed by atoms with van der Waals surface area (Å²) in [6.07, 6.45) is 3.64. The molecular formula is C16H22FNO3. The van der Waals surface area contributed by atoms with Crippen molar-refractivity contribution in [2.24, 2.45) is 11.8 Å². The summed E-state index contributed by atoms with van der Waals surface area (Å²) in [7, 11) is 0. The van der Waals surface area contributed by atoms with E-state index in [-0.39, 0.29) is 23.6 Å². The van der Waals surface area contributed by atoms with Crippen molar-refractivity contribution in [3.8, 4) is 5.75 Å². The topological polar surface area (TPSA) is 69.6 Å². The maximum Gasteiger partial charge on any atom is 0.306 e. The smallest absolute Gasteiger partial charge is 0.306 e. The molecule has 3 N–H and O–H groups in total. The molecule has 4 nitrogen and oxygen atoms in total. The largest absolute Gasteiger partial charge is 0.508 e. The van der Waals surface area contributed by atoms with Crippen molar-refractivity contribution in [1.29, 1.82) is 0 Å². The summed E-state index contributed by atoms with van der Waals surface area (Å²) >= 11 is 0. The number of aliphatic carboxylic acids is 1. The van der Waals surface area contributed by atoms with E-state index in [1.807, 2.05) is 6.92 Å². The fourth-order valence-electron chi connectivity index (χ4n) is 3.08. The van der Waals surface area contributed by atoms with Crippen molar-refractivity contribution >= 4 is 5.97 Å². The molecule has 0 spiro atoms. The highest BCUT2D eigenvalue weighted by molar-refractivity contribution is 5.70. The molecule has 5 heteroatoms. The molecule has 3 unspecified atom stereocenters. The Morgan fingerprint density at radius 2 is 2.14 bits per heavy atom. The van der Waals surface area contributed by atoms with Crippen molar-refractivity contribution in [3.05, 3.63) is 29.6 Å². The van der Waals surface area contributed by atoms with Gasteiger partial charge in [-0.1, -0.05) is 18.9 Å². The first-order valence-corrected chi connectivity index (χ1v) is 7.43. The zero-order valence-electron chi connectivity index (χ0n) is 12.2. The molecule has 1 aromatic carbocycles. The van der Waals surface area contributed by atoms with Crippen LogP contribution in [0.25, 0.3) is 0 Å². The molecule has 1 aromatic rings. The molecule has 0 amide bonds. The summed E-state index contributed by atoms with van der Waals surface area (Å²) in [4.78, 5) is 11.3. The maximum atomic E-state index is 13.8. The lowest BCUT2D eigenvalue weighted by Crippen LogP contribution is -2.35. The minimum Gasteiger partial charge on any atom is -0.508 e. The van der Waals surface area contributed by atoms with Gasteiger partial charge in [-0.15, -0.1) is 0 Å². The van der Waals surface area contributed by atoms with Gasteiger partial charge in [-0.2, -0.15) is 0 Å². The highest BCUT2D eigenvalue weighted by atomic mass is 19.1. The lowest BCUT2D eigenvalue weighted by molar-refractivity contribution is -0.144. The van der Waals surface area contributed by atoms with Gasteiger partial charge >= 0.3 is 5.97 Å². The molecule has 1 fully saturated rings. The Hall–Kier alpha value is -1.62. The Balaban J connectivity index is 1.96. The Kier molecular flexibility index (Phi) is 5.17. The predicted octanol–water partition coefficient (Wildman–Crippen LogP) is 3.07. The van der Waals surface area contributed by atoms with E-state index < -0.39 is 11.8 Å². The fourth-order valence-corrected chi connectivity index (χ4v) is 3.08. The number of hydrogen-bond acceptors (Lipinski definition) is 3. The standard InChI is InChI=1S/C16H22FNO3/c1-10(13-7-6-12(19)8-15(13)17)18-9-11-4-2-3-5-14(11)16(20)21/h6-8,10-11,14,18-19H,2-5,9H2,1H3,(H,20,21). The zero-order chi connectivity index (χ0) is 15.4. The number of carboxylic acid groups (broad SMARTS) is 1. The number of nitrogens with one attached hydrogen (secondary N) is 1. The lowest BCUT2D eigenvalue weighted by atomic mass is 9.79. The van der Waals surface area contributed by atoms with Crippen molar-refractivity contribution < 1.29 is 19.4 Å². The van der Waals surface area contributed by atoms with Crippen LogP contribution in [0, 0.1) is 17.7 Å². The van der Waals surface area contributed by atoms with Crippen molar-refractivity contribution in [3.63, 3.8) is 0 Å². The molecular weight excluding hydrogens is 273 g/mol. The number of phenolic OH excluding ortho intramolecular Hbond substituents is 1. The average Bonchev–Trinajstić information content (AvgIpc) is 2.45. The van der Waals surface area contributed by atoms with Crippen molar-refractivity contribution in [1.82, 2.24) is 5.32 Å². The first-order valence-electron chi connectivity index (χ1n) is 7.43. The first kappa shape index (κ1) is 15.8. The minimum absolute atomic E-state index is 0.0957. The molecule has 0 heterocycles. The van der Waals surface area contributed by atoms with Crippen LogP contribution in [0.2, 0.25) is 0 Å². The third kappa shape index (κ3) is 3.94. The van der Waals surface area contributed by atoms with Gasteiger partial charge in [-0.3, -0.25) is 4.79 Å². The average molecular weight is 295 g/mol. The van der Waals surface area contributed by atoms with Gasteiger partial charge in [-0.25, -0.2) is 4.39 Å².